The van der Waals surface area contributed by atoms with E-state index >= 15 is 0 Å². The van der Waals surface area contributed by atoms with E-state index in [9.17, 15) is 76.3 Å². The van der Waals surface area contributed by atoms with Gasteiger partial charge in [0.1, 0.15) is 12.7 Å². The van der Waals surface area contributed by atoms with Gasteiger partial charge in [-0.3, -0.25) is 0 Å². The predicted molar refractivity (Wildman–Crippen MR) is 187 cm³/mol. The van der Waals surface area contributed by atoms with Crippen molar-refractivity contribution in [3.63, 3.8) is 0 Å². The van der Waals surface area contributed by atoms with Gasteiger partial charge in [0.25, 0.3) is 5.60 Å². The summed E-state index contributed by atoms with van der Waals surface area (Å²) >= 11 is -0.0703. The van der Waals surface area contributed by atoms with Crippen molar-refractivity contribution in [1.29, 1.82) is 0 Å². The Kier molecular flexibility index (Phi) is 16.4. The third-order valence-corrected chi connectivity index (χ3v) is 13.1. The van der Waals surface area contributed by atoms with Crippen LogP contribution < -0.4 is 21.2 Å². The van der Waals surface area contributed by atoms with E-state index in [4.69, 9.17) is 0 Å². The number of carbonyl (C=O) groups excluding carboxylic acids is 1. The van der Waals surface area contributed by atoms with Crippen molar-refractivity contribution in [2.45, 2.75) is 120 Å². The maximum atomic E-state index is 13.4. The van der Waals surface area contributed by atoms with Gasteiger partial charge in [0.2, 0.25) is 0 Å². The van der Waals surface area contributed by atoms with Gasteiger partial charge < -0.3 is 24.2 Å². The maximum Gasteiger partial charge on any atom is 0.426 e. The van der Waals surface area contributed by atoms with Crippen LogP contribution in [0.4, 0.5) is 48.3 Å². The molecule has 1 aliphatic carbocycles. The van der Waals surface area contributed by atoms with Crippen molar-refractivity contribution in [2.24, 2.45) is 11.8 Å². The molecule has 4 unspecified atom stereocenters. The van der Waals surface area contributed by atoms with Crippen LogP contribution in [0.15, 0.2) is 60.7 Å². The molecule has 21 heteroatoms. The zero-order chi connectivity index (χ0) is 46.0. The van der Waals surface area contributed by atoms with Gasteiger partial charge in [-0.1, -0.05) is 72.4 Å². The molecule has 0 saturated heterocycles. The zero-order valence-corrected chi connectivity index (χ0v) is 35.9. The van der Waals surface area contributed by atoms with Crippen LogP contribution in [-0.4, -0.2) is 83.5 Å². The molecule has 0 bridgehead atoms. The van der Waals surface area contributed by atoms with E-state index in [2.05, 4.69) is 106 Å². The second-order valence-electron chi connectivity index (χ2n) is 16.3. The lowest BCUT2D eigenvalue weighted by atomic mass is 9.66. The van der Waals surface area contributed by atoms with E-state index in [1.165, 1.54) is 18.3 Å². The number of carbonyl (C=O) groups is 1. The molecule has 1 saturated carbocycles. The molecule has 0 spiro atoms. The van der Waals surface area contributed by atoms with Crippen LogP contribution in [0.2, 0.25) is 0 Å². The van der Waals surface area contributed by atoms with Crippen LogP contribution in [0.1, 0.15) is 78.9 Å². The summed E-state index contributed by atoms with van der Waals surface area (Å²) in [4.78, 5) is 12.1. The highest BCUT2D eigenvalue weighted by atomic mass is 127. The molecule has 2 aromatic rings. The molecule has 3 rings (SSSR count). The second kappa shape index (κ2) is 18.4. The van der Waals surface area contributed by atoms with E-state index in [1.807, 2.05) is 0 Å². The van der Waals surface area contributed by atoms with Gasteiger partial charge in [-0.25, -0.2) is 13.2 Å². The summed E-state index contributed by atoms with van der Waals surface area (Å²) in [6, 6.07) is 18.4. The molecule has 0 aromatic heterocycles. The number of hydrogen-bond acceptors (Lipinski definition) is 8. The van der Waals surface area contributed by atoms with Crippen LogP contribution in [0.3, 0.4) is 0 Å². The molecule has 2 N–H and O–H groups in total. The van der Waals surface area contributed by atoms with Gasteiger partial charge >= 0.3 is 51.0 Å². The first-order valence-electron chi connectivity index (χ1n) is 17.6. The molecule has 4 atom stereocenters. The van der Waals surface area contributed by atoms with Crippen LogP contribution in [-0.2, 0) is 35.2 Å². The van der Waals surface area contributed by atoms with E-state index < -0.39 is 107 Å². The highest BCUT2D eigenvalue weighted by Gasteiger charge is 2.75. The lowest BCUT2D eigenvalue weighted by Crippen LogP contribution is -3.61. The maximum absolute atomic E-state index is 13.4. The normalized spacial score (nSPS) is 19.9. The van der Waals surface area contributed by atoms with E-state index in [-0.39, 0.29) is 39.0 Å². The first-order chi connectivity index (χ1) is 26.3. The molecule has 0 heterocycles. The highest BCUT2D eigenvalue weighted by Crippen LogP contribution is 2.55. The van der Waals surface area contributed by atoms with Crippen LogP contribution >= 0.6 is 0 Å². The molecule has 2 aromatic carbocycles. The van der Waals surface area contributed by atoms with Gasteiger partial charge in [0.05, 0.1) is 12.2 Å². The average molecular weight is 999 g/mol. The SMILES string of the molecule is C=C(COCC(F)(F)S(=O)(=O)[O-])C(=O)OC1CC(C(C)(O)C(F)(F)F)CC(C(O)(C(F)(F)F)C(F)(F)F)C1.CC(C)(C)c1ccc([I+]c2ccc(C(C)(C)C)cc2)cc1. The molecule has 0 aliphatic heterocycles. The number of ether oxygens (including phenoxy) is 2. The minimum absolute atomic E-state index is 0.0518. The molecule has 0 amide bonds. The molecular formula is C38H46F11IO8S. The molecule has 0 radical (unpaired) electrons. The van der Waals surface area contributed by atoms with Crippen molar-refractivity contribution in [3.05, 3.63) is 79.0 Å². The number of aliphatic hydroxyl groups is 2. The zero-order valence-electron chi connectivity index (χ0n) is 32.9. The summed E-state index contributed by atoms with van der Waals surface area (Å²) in [5.74, 6) is -7.36. The first-order valence-corrected chi connectivity index (χ1v) is 21.1. The van der Waals surface area contributed by atoms with Gasteiger partial charge in [-0.05, 0) is 72.4 Å². The van der Waals surface area contributed by atoms with Crippen molar-refractivity contribution in [1.82, 2.24) is 0 Å². The average Bonchev–Trinajstić information content (AvgIpc) is 3.05. The predicted octanol–water partition coefficient (Wildman–Crippen LogP) is 5.60. The number of esters is 1. The summed E-state index contributed by atoms with van der Waals surface area (Å²) in [7, 11) is -6.20. The fourth-order valence-electron chi connectivity index (χ4n) is 5.83. The summed E-state index contributed by atoms with van der Waals surface area (Å²) in [5, 5.41) is 14.6. The Bertz CT molecular complexity index is 1780. The minimum Gasteiger partial charge on any atom is -0.743 e. The Morgan fingerprint density at radius 2 is 1.10 bits per heavy atom. The van der Waals surface area contributed by atoms with Gasteiger partial charge in [-0.15, -0.1) is 0 Å². The van der Waals surface area contributed by atoms with Crippen LogP contribution in [0.25, 0.3) is 0 Å². The first kappa shape index (κ1) is 52.5. The third kappa shape index (κ3) is 13.4. The molecule has 59 heavy (non-hydrogen) atoms. The number of hydrogen-bond donors (Lipinski definition) is 2. The number of halogens is 12. The largest absolute Gasteiger partial charge is 0.743 e. The molecule has 336 valence electrons. The fraction of sp³-hybridized carbons (Fsp3) is 0.605. The van der Waals surface area contributed by atoms with Crippen LogP contribution in [0.5, 0.6) is 0 Å². The lowest BCUT2D eigenvalue weighted by Gasteiger charge is -2.47. The molecular weight excluding hydrogens is 952 g/mol. The summed E-state index contributed by atoms with van der Waals surface area (Å²) < 4.78 is 189. The van der Waals surface area contributed by atoms with Crippen molar-refractivity contribution >= 4 is 16.1 Å². The Morgan fingerprint density at radius 1 is 0.712 bits per heavy atom. The standard InChI is InChI=1S/C20H26I.C18H21F11O8S/c1-19(2,3)15-7-11-17(12-8-15)21-18-13-9-16(10-14-18)20(4,5)6;1-8(6-36-7-14(19,20)38(33,34)35)12(30)37-11-4-9(13(2,31)16(21,22)23)3-10(5-11)15(32,17(24,25)26)18(27,28)29/h7-14H,1-6H3;9-11,31-32H,1,3-7H2,2H3,(H,33,34,35)/q+1;/p-1. The summed E-state index contributed by atoms with van der Waals surface area (Å²) in [6.07, 6.45) is -25.1. The van der Waals surface area contributed by atoms with Gasteiger partial charge in [0.15, 0.2) is 22.9 Å². The van der Waals surface area contributed by atoms with Crippen LogP contribution in [0, 0.1) is 19.0 Å². The fourth-order valence-corrected chi connectivity index (χ4v) is 8.21. The van der Waals surface area contributed by atoms with Crippen molar-refractivity contribution in [3.8, 4) is 0 Å². The molecule has 1 fully saturated rings. The Morgan fingerprint density at radius 3 is 1.44 bits per heavy atom. The molecule has 1 aliphatic rings. The third-order valence-electron chi connectivity index (χ3n) is 9.60. The quantitative estimate of drug-likeness (QED) is 0.0979. The van der Waals surface area contributed by atoms with E-state index in [0.29, 0.717) is 0 Å². The Balaban J connectivity index is 0.000000478. The summed E-state index contributed by atoms with van der Waals surface area (Å²) in [6.45, 7) is 13.2. The highest BCUT2D eigenvalue weighted by molar-refractivity contribution is 7.86. The van der Waals surface area contributed by atoms with Crippen molar-refractivity contribution < 1.29 is 107 Å². The van der Waals surface area contributed by atoms with E-state index in [0.717, 1.165) is 0 Å². The smallest absolute Gasteiger partial charge is 0.426 e. The van der Waals surface area contributed by atoms with Gasteiger partial charge in [0, 0.05) is 11.8 Å². The topological polar surface area (TPSA) is 133 Å². The monoisotopic (exact) mass is 998 g/mol. The minimum atomic E-state index is -6.47. The van der Waals surface area contributed by atoms with Crippen molar-refractivity contribution in [2.75, 3.05) is 13.2 Å². The number of alkyl halides is 11. The number of benzene rings is 2. The molecule has 8 nitrogen and oxygen atoms in total. The Labute approximate surface area is 345 Å². The summed E-state index contributed by atoms with van der Waals surface area (Å²) in [5.41, 5.74) is -7.19. The van der Waals surface area contributed by atoms with E-state index in [1.54, 1.807) is 0 Å². The second-order valence-corrected chi connectivity index (χ2v) is 20.9. The van der Waals surface area contributed by atoms with Gasteiger partial charge in [-0.2, -0.15) is 48.3 Å². The Hall–Kier alpha value is -2.60. The lowest BCUT2D eigenvalue weighted by molar-refractivity contribution is -0.597. The number of rotatable bonds is 11.